The normalized spacial score (nSPS) is 22.9. The largest absolute Gasteiger partial charge is 0.416 e. The molecule has 1 amide bonds. The highest BCUT2D eigenvalue weighted by molar-refractivity contribution is 5.93. The first-order valence-corrected chi connectivity index (χ1v) is 7.00. The molecule has 0 spiro atoms. The summed E-state index contributed by atoms with van der Waals surface area (Å²) in [5, 5.41) is 5.89. The Balaban J connectivity index is 2.14. The molecule has 0 saturated carbocycles. The van der Waals surface area contributed by atoms with Gasteiger partial charge in [0.05, 0.1) is 5.56 Å². The third kappa shape index (κ3) is 3.75. The van der Waals surface area contributed by atoms with Crippen molar-refractivity contribution in [1.29, 1.82) is 0 Å². The number of amides is 1. The molecule has 116 valence electrons. The second-order valence-corrected chi connectivity index (χ2v) is 5.54. The number of piperidine rings is 1. The summed E-state index contributed by atoms with van der Waals surface area (Å²) in [6.45, 7) is 4.12. The smallest absolute Gasteiger partial charge is 0.326 e. The Morgan fingerprint density at radius 3 is 2.71 bits per heavy atom. The minimum atomic E-state index is -4.41. The van der Waals surface area contributed by atoms with Crippen LogP contribution in [0.25, 0.3) is 0 Å². The first-order valence-electron chi connectivity index (χ1n) is 7.00. The van der Waals surface area contributed by atoms with Crippen LogP contribution in [0.5, 0.6) is 0 Å². The second kappa shape index (κ2) is 6.05. The van der Waals surface area contributed by atoms with Crippen LogP contribution >= 0.6 is 0 Å². The van der Waals surface area contributed by atoms with E-state index >= 15 is 0 Å². The van der Waals surface area contributed by atoms with E-state index < -0.39 is 11.7 Å². The fraction of sp³-hybridized carbons (Fsp3) is 0.533. The fourth-order valence-electron chi connectivity index (χ4n) is 2.68. The van der Waals surface area contributed by atoms with E-state index in [0.29, 0.717) is 12.8 Å². The molecule has 1 aliphatic rings. The van der Waals surface area contributed by atoms with E-state index in [4.69, 9.17) is 0 Å². The Morgan fingerprint density at radius 2 is 2.10 bits per heavy atom. The van der Waals surface area contributed by atoms with Gasteiger partial charge in [-0.05, 0) is 50.9 Å². The van der Waals surface area contributed by atoms with Gasteiger partial charge in [-0.15, -0.1) is 0 Å². The molecule has 2 atom stereocenters. The van der Waals surface area contributed by atoms with Crippen molar-refractivity contribution in [2.24, 2.45) is 5.92 Å². The molecule has 1 saturated heterocycles. The monoisotopic (exact) mass is 300 g/mol. The van der Waals surface area contributed by atoms with Crippen LogP contribution in [0.1, 0.15) is 30.9 Å². The zero-order valence-electron chi connectivity index (χ0n) is 12.1. The molecule has 6 heteroatoms. The maximum absolute atomic E-state index is 12.9. The van der Waals surface area contributed by atoms with Crippen LogP contribution in [-0.4, -0.2) is 18.5 Å². The number of carbonyl (C=O) groups is 1. The van der Waals surface area contributed by atoms with Crippen molar-refractivity contribution in [3.05, 3.63) is 29.3 Å². The van der Waals surface area contributed by atoms with E-state index in [0.717, 1.165) is 12.6 Å². The summed E-state index contributed by atoms with van der Waals surface area (Å²) >= 11 is 0. The van der Waals surface area contributed by atoms with Gasteiger partial charge in [0.2, 0.25) is 5.91 Å². The van der Waals surface area contributed by atoms with Gasteiger partial charge in [-0.2, -0.15) is 13.2 Å². The molecule has 21 heavy (non-hydrogen) atoms. The molecule has 2 N–H and O–H groups in total. The average Bonchev–Trinajstić information content (AvgIpc) is 2.39. The molecule has 1 fully saturated rings. The maximum atomic E-state index is 12.9. The Bertz CT molecular complexity index is 528. The van der Waals surface area contributed by atoms with Gasteiger partial charge in [0, 0.05) is 17.6 Å². The van der Waals surface area contributed by atoms with E-state index in [1.165, 1.54) is 19.1 Å². The highest BCUT2D eigenvalue weighted by atomic mass is 19.4. The van der Waals surface area contributed by atoms with Crippen molar-refractivity contribution in [2.75, 3.05) is 11.9 Å². The zero-order valence-corrected chi connectivity index (χ0v) is 12.1. The Labute approximate surface area is 121 Å². The Kier molecular flexibility index (Phi) is 4.56. The van der Waals surface area contributed by atoms with Crippen molar-refractivity contribution in [2.45, 2.75) is 38.9 Å². The van der Waals surface area contributed by atoms with Gasteiger partial charge in [-0.1, -0.05) is 6.07 Å². The van der Waals surface area contributed by atoms with Crippen molar-refractivity contribution < 1.29 is 18.0 Å². The highest BCUT2D eigenvalue weighted by Gasteiger charge is 2.33. The third-order valence-electron chi connectivity index (χ3n) is 3.89. The fourth-order valence-corrected chi connectivity index (χ4v) is 2.68. The van der Waals surface area contributed by atoms with Gasteiger partial charge in [0.25, 0.3) is 0 Å². The van der Waals surface area contributed by atoms with Crippen LogP contribution in [0.3, 0.4) is 0 Å². The third-order valence-corrected chi connectivity index (χ3v) is 3.89. The quantitative estimate of drug-likeness (QED) is 0.879. The van der Waals surface area contributed by atoms with Gasteiger partial charge in [-0.3, -0.25) is 4.79 Å². The molecule has 0 radical (unpaired) electrons. The van der Waals surface area contributed by atoms with Crippen LogP contribution in [0.15, 0.2) is 18.2 Å². The molecule has 0 aromatic heterocycles. The van der Waals surface area contributed by atoms with Crippen LogP contribution in [-0.2, 0) is 11.0 Å². The average molecular weight is 300 g/mol. The van der Waals surface area contributed by atoms with Gasteiger partial charge in [-0.25, -0.2) is 0 Å². The lowest BCUT2D eigenvalue weighted by atomic mass is 9.92. The summed E-state index contributed by atoms with van der Waals surface area (Å²) in [5.41, 5.74) is -0.416. The van der Waals surface area contributed by atoms with Crippen molar-refractivity contribution in [3.63, 3.8) is 0 Å². The van der Waals surface area contributed by atoms with Gasteiger partial charge in [0.1, 0.15) is 0 Å². The zero-order chi connectivity index (χ0) is 15.6. The molecule has 0 aliphatic carbocycles. The highest BCUT2D eigenvalue weighted by Crippen LogP contribution is 2.34. The molecule has 1 aromatic carbocycles. The molecular formula is C15H19F3N2O. The Hall–Kier alpha value is -1.56. The molecule has 3 nitrogen and oxygen atoms in total. The van der Waals surface area contributed by atoms with Crippen molar-refractivity contribution in [3.8, 4) is 0 Å². The predicted octanol–water partition coefficient (Wildman–Crippen LogP) is 3.34. The number of halogens is 3. The number of carbonyl (C=O) groups excluding carboxylic acids is 1. The summed E-state index contributed by atoms with van der Waals surface area (Å²) in [6.07, 6.45) is -3.01. The molecule has 2 rings (SSSR count). The number of hydrogen-bond donors (Lipinski definition) is 2. The number of rotatable bonds is 2. The topological polar surface area (TPSA) is 41.1 Å². The molecular weight excluding hydrogens is 281 g/mol. The molecule has 1 aromatic rings. The number of hydrogen-bond acceptors (Lipinski definition) is 2. The number of alkyl halides is 3. The van der Waals surface area contributed by atoms with Crippen LogP contribution in [0.4, 0.5) is 18.9 Å². The summed E-state index contributed by atoms with van der Waals surface area (Å²) in [6, 6.07) is 4.10. The summed E-state index contributed by atoms with van der Waals surface area (Å²) in [5.74, 6) is -0.360. The van der Waals surface area contributed by atoms with E-state index in [1.807, 2.05) is 6.92 Å². The first-order chi connectivity index (χ1) is 9.79. The predicted molar refractivity (Wildman–Crippen MR) is 75.0 cm³/mol. The molecule has 0 bridgehead atoms. The standard InChI is InChI=1S/C15H19F3N2O/c1-9-8-11(6-7-19-9)14(21)20-13-5-3-4-12(10(13)2)15(16,17)18/h3-5,9,11,19H,6-8H2,1-2H3,(H,20,21)/t9-,11-/m0/s1. The second-order valence-electron chi connectivity index (χ2n) is 5.54. The molecule has 1 aliphatic heterocycles. The van der Waals surface area contributed by atoms with Crippen LogP contribution in [0.2, 0.25) is 0 Å². The summed E-state index contributed by atoms with van der Waals surface area (Å²) < 4.78 is 38.6. The van der Waals surface area contributed by atoms with E-state index in [1.54, 1.807) is 0 Å². The van der Waals surface area contributed by atoms with Crippen LogP contribution < -0.4 is 10.6 Å². The first kappa shape index (κ1) is 15.8. The summed E-state index contributed by atoms with van der Waals surface area (Å²) in [7, 11) is 0. The van der Waals surface area contributed by atoms with Crippen LogP contribution in [0, 0.1) is 12.8 Å². The lowest BCUT2D eigenvalue weighted by Gasteiger charge is -2.27. The van der Waals surface area contributed by atoms with Gasteiger partial charge < -0.3 is 10.6 Å². The maximum Gasteiger partial charge on any atom is 0.416 e. The van der Waals surface area contributed by atoms with E-state index in [-0.39, 0.29) is 29.1 Å². The number of benzene rings is 1. The summed E-state index contributed by atoms with van der Waals surface area (Å²) in [4.78, 5) is 12.2. The lowest BCUT2D eigenvalue weighted by molar-refractivity contribution is -0.138. The van der Waals surface area contributed by atoms with E-state index in [2.05, 4.69) is 10.6 Å². The molecule has 1 heterocycles. The minimum Gasteiger partial charge on any atom is -0.326 e. The lowest BCUT2D eigenvalue weighted by Crippen LogP contribution is -2.40. The SMILES string of the molecule is Cc1c(NC(=O)[C@H]2CCN[C@@H](C)C2)cccc1C(F)(F)F. The van der Waals surface area contributed by atoms with E-state index in [9.17, 15) is 18.0 Å². The molecule has 0 unspecified atom stereocenters. The minimum absolute atomic E-state index is 0.0559. The number of anilines is 1. The van der Waals surface area contributed by atoms with Crippen molar-refractivity contribution >= 4 is 11.6 Å². The number of nitrogens with one attached hydrogen (secondary N) is 2. The van der Waals surface area contributed by atoms with Gasteiger partial charge in [0.15, 0.2) is 0 Å². The van der Waals surface area contributed by atoms with Gasteiger partial charge >= 0.3 is 6.18 Å². The van der Waals surface area contributed by atoms with Crippen molar-refractivity contribution in [1.82, 2.24) is 5.32 Å². The Morgan fingerprint density at radius 1 is 1.38 bits per heavy atom.